The van der Waals surface area contributed by atoms with Crippen LogP contribution in [-0.2, 0) is 9.47 Å². The van der Waals surface area contributed by atoms with Crippen molar-refractivity contribution < 1.29 is 14.3 Å². The lowest BCUT2D eigenvalue weighted by atomic mass is 10.2. The van der Waals surface area contributed by atoms with Crippen LogP contribution in [0.1, 0.15) is 10.4 Å². The minimum atomic E-state index is -0.355. The summed E-state index contributed by atoms with van der Waals surface area (Å²) in [6, 6.07) is 13.8. The average molecular weight is 337 g/mol. The lowest BCUT2D eigenvalue weighted by Gasteiger charge is -2.28. The Kier molecular flexibility index (Phi) is 4.11. The summed E-state index contributed by atoms with van der Waals surface area (Å²) in [7, 11) is 1.38. The van der Waals surface area contributed by atoms with Crippen LogP contribution in [0.25, 0.3) is 16.7 Å². The van der Waals surface area contributed by atoms with E-state index in [-0.39, 0.29) is 5.97 Å². The van der Waals surface area contributed by atoms with E-state index in [1.165, 1.54) is 12.8 Å². The normalized spacial score (nSPS) is 14.7. The molecule has 0 bridgehead atoms. The van der Waals surface area contributed by atoms with Crippen molar-refractivity contribution in [3.63, 3.8) is 0 Å². The van der Waals surface area contributed by atoms with Crippen LogP contribution in [0.3, 0.4) is 0 Å². The Balaban J connectivity index is 1.64. The molecule has 1 aliphatic rings. The first-order valence-electron chi connectivity index (χ1n) is 8.25. The van der Waals surface area contributed by atoms with Gasteiger partial charge >= 0.3 is 5.97 Å². The number of ether oxygens (including phenoxy) is 2. The average Bonchev–Trinajstić information content (AvgIpc) is 3.11. The molecule has 0 radical (unpaired) electrons. The summed E-state index contributed by atoms with van der Waals surface area (Å²) in [6.45, 7) is 3.39. The molecule has 0 saturated carbocycles. The van der Waals surface area contributed by atoms with E-state index in [0.29, 0.717) is 5.56 Å². The van der Waals surface area contributed by atoms with E-state index in [1.807, 2.05) is 10.6 Å². The highest BCUT2D eigenvalue weighted by Crippen LogP contribution is 2.23. The van der Waals surface area contributed by atoms with Gasteiger partial charge in [0.1, 0.15) is 6.33 Å². The van der Waals surface area contributed by atoms with E-state index < -0.39 is 0 Å². The molecular formula is C19H19N3O3. The molecule has 1 saturated heterocycles. The molecule has 0 aliphatic carbocycles. The number of imidazole rings is 1. The van der Waals surface area contributed by atoms with E-state index in [4.69, 9.17) is 9.47 Å². The summed E-state index contributed by atoms with van der Waals surface area (Å²) in [5.41, 5.74) is 4.45. The first kappa shape index (κ1) is 15.7. The van der Waals surface area contributed by atoms with Gasteiger partial charge in [-0.2, -0.15) is 0 Å². The number of morpholine rings is 1. The van der Waals surface area contributed by atoms with E-state index in [2.05, 4.69) is 34.1 Å². The Morgan fingerprint density at radius 3 is 2.52 bits per heavy atom. The molecule has 0 atom stereocenters. The second-order valence-electron chi connectivity index (χ2n) is 5.93. The van der Waals surface area contributed by atoms with Gasteiger partial charge in [0.2, 0.25) is 0 Å². The van der Waals surface area contributed by atoms with E-state index in [0.717, 1.165) is 43.0 Å². The zero-order valence-electron chi connectivity index (χ0n) is 14.0. The van der Waals surface area contributed by atoms with Gasteiger partial charge in [0.25, 0.3) is 0 Å². The van der Waals surface area contributed by atoms with Crippen molar-refractivity contribution in [2.75, 3.05) is 38.3 Å². The van der Waals surface area contributed by atoms with Gasteiger partial charge in [-0.05, 0) is 42.5 Å². The van der Waals surface area contributed by atoms with E-state index in [9.17, 15) is 4.79 Å². The van der Waals surface area contributed by atoms with Crippen LogP contribution >= 0.6 is 0 Å². The third kappa shape index (κ3) is 2.96. The highest BCUT2D eigenvalue weighted by atomic mass is 16.5. The fourth-order valence-electron chi connectivity index (χ4n) is 3.11. The zero-order chi connectivity index (χ0) is 17.2. The Morgan fingerprint density at radius 2 is 1.80 bits per heavy atom. The van der Waals surface area contributed by atoms with Crippen molar-refractivity contribution in [3.8, 4) is 5.69 Å². The fraction of sp³-hybridized carbons (Fsp3) is 0.263. The second-order valence-corrected chi connectivity index (χ2v) is 5.93. The van der Waals surface area contributed by atoms with Gasteiger partial charge < -0.3 is 14.4 Å². The summed E-state index contributed by atoms with van der Waals surface area (Å²) in [4.78, 5) is 18.4. The Labute approximate surface area is 145 Å². The van der Waals surface area contributed by atoms with Crippen LogP contribution in [0.15, 0.2) is 48.8 Å². The van der Waals surface area contributed by atoms with Gasteiger partial charge in [-0.3, -0.25) is 4.57 Å². The zero-order valence-corrected chi connectivity index (χ0v) is 14.0. The van der Waals surface area contributed by atoms with Gasteiger partial charge in [-0.25, -0.2) is 9.78 Å². The summed E-state index contributed by atoms with van der Waals surface area (Å²) in [6.07, 6.45) is 1.77. The minimum absolute atomic E-state index is 0.355. The van der Waals surface area contributed by atoms with Gasteiger partial charge in [-0.1, -0.05) is 0 Å². The second kappa shape index (κ2) is 6.57. The molecule has 1 aromatic heterocycles. The lowest BCUT2D eigenvalue weighted by molar-refractivity contribution is 0.0601. The molecule has 0 spiro atoms. The minimum Gasteiger partial charge on any atom is -0.465 e. The smallest absolute Gasteiger partial charge is 0.337 e. The summed E-state index contributed by atoms with van der Waals surface area (Å²) < 4.78 is 12.2. The fourth-order valence-corrected chi connectivity index (χ4v) is 3.11. The number of benzene rings is 2. The molecule has 25 heavy (non-hydrogen) atoms. The van der Waals surface area contributed by atoms with E-state index >= 15 is 0 Å². The third-order valence-electron chi connectivity index (χ3n) is 4.47. The largest absolute Gasteiger partial charge is 0.465 e. The topological polar surface area (TPSA) is 56.6 Å². The van der Waals surface area contributed by atoms with Crippen molar-refractivity contribution >= 4 is 22.7 Å². The molecule has 1 aliphatic heterocycles. The molecule has 1 fully saturated rings. The molecule has 0 N–H and O–H groups in total. The van der Waals surface area contributed by atoms with Crippen LogP contribution in [0.2, 0.25) is 0 Å². The standard InChI is InChI=1S/C19H19N3O3/c1-24-19(23)14-2-7-18-17(12-14)20-13-22(18)16-5-3-15(4-6-16)21-8-10-25-11-9-21/h2-7,12-13H,8-11H2,1H3. The highest BCUT2D eigenvalue weighted by Gasteiger charge is 2.12. The lowest BCUT2D eigenvalue weighted by Crippen LogP contribution is -2.36. The van der Waals surface area contributed by atoms with Gasteiger partial charge in [0.05, 0.1) is 36.9 Å². The molecule has 3 aromatic rings. The molecule has 128 valence electrons. The molecule has 0 amide bonds. The van der Waals surface area contributed by atoms with Crippen LogP contribution in [0.5, 0.6) is 0 Å². The summed E-state index contributed by atoms with van der Waals surface area (Å²) in [5.74, 6) is -0.355. The third-order valence-corrected chi connectivity index (χ3v) is 4.47. The van der Waals surface area contributed by atoms with Gasteiger partial charge in [0.15, 0.2) is 0 Å². The summed E-state index contributed by atoms with van der Waals surface area (Å²) >= 11 is 0. The maximum absolute atomic E-state index is 11.7. The molecule has 0 unspecified atom stereocenters. The number of fused-ring (bicyclic) bond motifs is 1. The van der Waals surface area contributed by atoms with Gasteiger partial charge in [-0.15, -0.1) is 0 Å². The van der Waals surface area contributed by atoms with Crippen molar-refractivity contribution in [2.45, 2.75) is 0 Å². The molecular weight excluding hydrogens is 318 g/mol. The molecule has 6 heteroatoms. The number of hydrogen-bond donors (Lipinski definition) is 0. The maximum atomic E-state index is 11.7. The number of rotatable bonds is 3. The van der Waals surface area contributed by atoms with Crippen LogP contribution in [0.4, 0.5) is 5.69 Å². The number of carbonyl (C=O) groups is 1. The SMILES string of the molecule is COC(=O)c1ccc2c(c1)ncn2-c1ccc(N2CCOCC2)cc1. The van der Waals surface area contributed by atoms with Crippen molar-refractivity contribution in [2.24, 2.45) is 0 Å². The first-order chi connectivity index (χ1) is 12.3. The Morgan fingerprint density at radius 1 is 1.08 bits per heavy atom. The highest BCUT2D eigenvalue weighted by molar-refractivity contribution is 5.93. The summed E-state index contributed by atoms with van der Waals surface area (Å²) in [5, 5.41) is 0. The Bertz CT molecular complexity index is 896. The monoisotopic (exact) mass is 337 g/mol. The number of methoxy groups -OCH3 is 1. The number of carbonyl (C=O) groups excluding carboxylic acids is 1. The van der Waals surface area contributed by atoms with Gasteiger partial charge in [0, 0.05) is 24.5 Å². The predicted octanol–water partition coefficient (Wildman–Crippen LogP) is 2.65. The predicted molar refractivity (Wildman–Crippen MR) is 95.4 cm³/mol. The van der Waals surface area contributed by atoms with Crippen molar-refractivity contribution in [1.82, 2.24) is 9.55 Å². The number of esters is 1. The first-order valence-corrected chi connectivity index (χ1v) is 8.25. The number of hydrogen-bond acceptors (Lipinski definition) is 5. The Hall–Kier alpha value is -2.86. The number of aromatic nitrogens is 2. The van der Waals surface area contributed by atoms with Crippen LogP contribution < -0.4 is 4.90 Å². The maximum Gasteiger partial charge on any atom is 0.337 e. The van der Waals surface area contributed by atoms with Crippen molar-refractivity contribution in [1.29, 1.82) is 0 Å². The molecule has 4 rings (SSSR count). The van der Waals surface area contributed by atoms with E-state index in [1.54, 1.807) is 18.5 Å². The van der Waals surface area contributed by atoms with Crippen LogP contribution in [0, 0.1) is 0 Å². The van der Waals surface area contributed by atoms with Crippen molar-refractivity contribution in [3.05, 3.63) is 54.4 Å². The molecule has 6 nitrogen and oxygen atoms in total. The molecule has 2 aromatic carbocycles. The molecule has 2 heterocycles. The number of anilines is 1. The number of nitrogens with zero attached hydrogens (tertiary/aromatic N) is 3. The van der Waals surface area contributed by atoms with Crippen LogP contribution in [-0.4, -0.2) is 48.9 Å². The quantitative estimate of drug-likeness (QED) is 0.688.